The van der Waals surface area contributed by atoms with Crippen molar-refractivity contribution < 1.29 is 35.6 Å². The lowest BCUT2D eigenvalue weighted by Crippen LogP contribution is -2.61. The second-order valence-electron chi connectivity index (χ2n) is 50.8. The van der Waals surface area contributed by atoms with Gasteiger partial charge in [-0.25, -0.2) is 0 Å². The summed E-state index contributed by atoms with van der Waals surface area (Å²) >= 11 is 0. The third-order valence-corrected chi connectivity index (χ3v) is 27.5. The number of rotatable bonds is 9. The highest BCUT2D eigenvalue weighted by Crippen LogP contribution is 2.60. The molecule has 0 atom stereocenters. The van der Waals surface area contributed by atoms with E-state index in [9.17, 15) is 35.6 Å². The average Bonchev–Trinajstić information content (AvgIpc) is 1.68. The van der Waals surface area contributed by atoms with Crippen LogP contribution in [0.4, 0.5) is 34.1 Å². The van der Waals surface area contributed by atoms with Crippen LogP contribution in [-0.4, -0.2) is 15.8 Å². The van der Waals surface area contributed by atoms with E-state index in [-0.39, 0.29) is 186 Å². The fourth-order valence-corrected chi connectivity index (χ4v) is 19.6. The monoisotopic (exact) mass is 1830 g/mol. The van der Waals surface area contributed by atoms with E-state index in [1.807, 2.05) is 165 Å². The van der Waals surface area contributed by atoms with Gasteiger partial charge in [0.2, 0.25) is 0 Å². The molecule has 0 bridgehead atoms. The molecular weight excluding hydrogens is 1650 g/mol. The molecule has 702 valence electrons. The van der Waals surface area contributed by atoms with E-state index in [2.05, 4.69) is 142 Å². The third kappa shape index (κ3) is 17.1. The molecule has 0 aliphatic carbocycles. The smallest absolute Gasteiger partial charge is 0.252 e. The van der Waals surface area contributed by atoms with Crippen LogP contribution in [0.1, 0.15) is 352 Å². The van der Waals surface area contributed by atoms with Crippen LogP contribution in [0.15, 0.2) is 260 Å². The molecule has 0 fully saturated rings. The van der Waals surface area contributed by atoms with Gasteiger partial charge in [0.25, 0.3) is 6.71 Å². The Morgan fingerprint density at radius 1 is 0.219 bits per heavy atom. The van der Waals surface area contributed by atoms with Gasteiger partial charge in [-0.2, -0.15) is 0 Å². The van der Waals surface area contributed by atoms with Crippen LogP contribution in [0.2, 0.25) is 0 Å². The van der Waals surface area contributed by atoms with Crippen molar-refractivity contribution in [3.63, 3.8) is 0 Å². The highest BCUT2D eigenvalue weighted by atomic mass is 15.2. The normalized spacial score (nSPS) is 16.6. The molecular formula is C132H151BN4. The zero-order valence-electron chi connectivity index (χ0n) is 114. The summed E-state index contributed by atoms with van der Waals surface area (Å²) in [6.45, 7) is 68.7. The van der Waals surface area contributed by atoms with Gasteiger partial charge >= 0.3 is 0 Å². The minimum absolute atomic E-state index is 0.00802. The average molecular weight is 1830 g/mol. The van der Waals surface area contributed by atoms with Crippen LogP contribution < -0.4 is 26.2 Å². The zero-order valence-corrected chi connectivity index (χ0v) is 87.7. The number of benzene rings is 14. The molecule has 0 N–H and O–H groups in total. The van der Waals surface area contributed by atoms with Crippen molar-refractivity contribution in [3.05, 3.63) is 327 Å². The van der Waals surface area contributed by atoms with Gasteiger partial charge in [0.05, 0.1) is 69.1 Å². The van der Waals surface area contributed by atoms with Gasteiger partial charge in [-0.1, -0.05) is 413 Å². The van der Waals surface area contributed by atoms with E-state index >= 15 is 0 Å². The number of para-hydroxylation sites is 2. The van der Waals surface area contributed by atoms with Crippen molar-refractivity contribution in [1.82, 2.24) is 9.13 Å². The molecule has 0 unspecified atom stereocenters. The van der Waals surface area contributed by atoms with Crippen molar-refractivity contribution in [2.75, 3.05) is 9.80 Å². The second kappa shape index (κ2) is 32.5. The van der Waals surface area contributed by atoms with Crippen LogP contribution in [-0.2, 0) is 65.0 Å². The van der Waals surface area contributed by atoms with Crippen molar-refractivity contribution >= 4 is 101 Å². The van der Waals surface area contributed by atoms with Crippen LogP contribution in [0.5, 0.6) is 0 Å². The molecule has 4 heterocycles. The molecule has 18 rings (SSSR count). The summed E-state index contributed by atoms with van der Waals surface area (Å²) in [5, 5.41) is 1.27. The van der Waals surface area contributed by atoms with E-state index in [0.29, 0.717) is 27.7 Å². The van der Waals surface area contributed by atoms with E-state index in [1.54, 1.807) is 59.7 Å². The highest BCUT2D eigenvalue weighted by Gasteiger charge is 2.48. The largest absolute Gasteiger partial charge is 0.310 e. The maximum Gasteiger partial charge on any atom is 0.252 e. The quantitative estimate of drug-likeness (QED) is 0.134. The van der Waals surface area contributed by atoms with Crippen molar-refractivity contribution in [2.24, 2.45) is 0 Å². The second-order valence-corrected chi connectivity index (χ2v) is 50.8. The Balaban J connectivity index is 1.26. The highest BCUT2D eigenvalue weighted by molar-refractivity contribution is 7.00. The first kappa shape index (κ1) is 68.4. The minimum atomic E-state index is -1.35. The number of nitrogens with zero attached hydrogens (tertiary/aromatic N) is 4. The number of anilines is 6. The van der Waals surface area contributed by atoms with Gasteiger partial charge < -0.3 is 18.9 Å². The lowest BCUT2D eigenvalue weighted by atomic mass is 9.33. The summed E-state index contributed by atoms with van der Waals surface area (Å²) in [6, 6.07) is 20.9. The maximum absolute atomic E-state index is 12.2. The molecule has 0 spiro atoms. The van der Waals surface area contributed by atoms with Gasteiger partial charge in [0.15, 0.2) is 0 Å². The maximum atomic E-state index is 12.2. The Bertz CT molecular complexity index is 8890. The number of hydrogen-bond donors (Lipinski definition) is 0. The van der Waals surface area contributed by atoms with Crippen LogP contribution >= 0.6 is 0 Å². The Kier molecular flexibility index (Phi) is 16.2. The Labute approximate surface area is 859 Å². The summed E-state index contributed by atoms with van der Waals surface area (Å²) in [5.41, 5.74) is -5.23. The topological polar surface area (TPSA) is 16.3 Å². The third-order valence-electron chi connectivity index (χ3n) is 27.5. The van der Waals surface area contributed by atoms with Crippen LogP contribution in [0.3, 0.4) is 0 Å². The molecule has 5 heteroatoms. The van der Waals surface area contributed by atoms with Gasteiger partial charge in [-0.3, -0.25) is 0 Å². The zero-order chi connectivity index (χ0) is 122. The lowest BCUT2D eigenvalue weighted by molar-refractivity contribution is 0.569. The summed E-state index contributed by atoms with van der Waals surface area (Å²) < 4.78 is 283. The van der Waals surface area contributed by atoms with Gasteiger partial charge in [0, 0.05) is 77.9 Å². The Morgan fingerprint density at radius 3 is 0.847 bits per heavy atom. The molecule has 2 aromatic heterocycles. The van der Waals surface area contributed by atoms with E-state index in [0.717, 1.165) is 44.1 Å². The van der Waals surface area contributed by atoms with E-state index in [1.165, 1.54) is 4.57 Å². The van der Waals surface area contributed by atoms with Gasteiger partial charge in [-0.05, 0) is 278 Å². The van der Waals surface area contributed by atoms with E-state index < -0.39 is 199 Å². The molecule has 0 saturated heterocycles. The molecule has 0 saturated carbocycles. The Hall–Kier alpha value is -11.7. The van der Waals surface area contributed by atoms with Crippen LogP contribution in [0.25, 0.3) is 111 Å². The van der Waals surface area contributed by atoms with Gasteiger partial charge in [-0.15, -0.1) is 0 Å². The first-order valence-electron chi connectivity index (χ1n) is 61.6. The fourth-order valence-electron chi connectivity index (χ4n) is 19.6. The summed E-state index contributed by atoms with van der Waals surface area (Å²) in [7, 11) is 0. The van der Waals surface area contributed by atoms with Gasteiger partial charge in [0.1, 0.15) is 0 Å². The SMILES string of the molecule is [2H]c1c([2H])c(C(C)(C)C)c(-c2c([2H])c(C(C)(C)C)c([2H])c(-c3c([2H])c([2H])c(C(C)(C)C)c([2H])c3[2H])c2N2c3cc(-n4c5ccc(C(C)(C)C)cc5c5cc(C(C)(C)C)ccc54)ccc3B3c4ccc(-n5c6c([2H])c([2H])c([2H])c([2H])c6c6c([2H])c([2H])c([2H])c([2H])c65)cc4N(c4c(-c5c([2H])c([2H])c(C(C)(C)C)c([2H])c5[2H])c([2H])c(C(C)(C)C)c([2H])c4-c4c(C(C)(C)C)c([2H])c([2H])c([2H])c4C(C)(C)C)c4cc(-c5cc(C(C)(C)C)cc(C(C)(C)C)c5)cc2c43)c(C(C)(C)C)c1[2H]. The molecule has 16 aromatic rings. The number of aromatic nitrogens is 2. The summed E-state index contributed by atoms with van der Waals surface area (Å²) in [4.78, 5) is 3.77. The van der Waals surface area contributed by atoms with Crippen LogP contribution in [0, 0.1) is 0 Å². The van der Waals surface area contributed by atoms with E-state index in [4.69, 9.17) is 0 Å². The molecule has 0 amide bonds. The predicted molar refractivity (Wildman–Crippen MR) is 601 cm³/mol. The molecule has 14 aromatic carbocycles. The van der Waals surface area contributed by atoms with Crippen molar-refractivity contribution in [2.45, 2.75) is 314 Å². The molecule has 137 heavy (non-hydrogen) atoms. The summed E-state index contributed by atoms with van der Waals surface area (Å²) in [6.07, 6.45) is 0. The fraction of sp³-hybridized carbons (Fsp3) is 0.364. The standard InChI is InChI=1S/C132H151BN4/c1-121(2,3)84-55-51-80(52-56-84)96-74-90(127(19,20)21)76-100(116-102(129(25,26)27)45-41-46-103(116)130(28,29)30)119(96)136-112-78-92(134-108-49-39-37-43-94(108)95-44-38-40-50-109(95)134)61-63-106(112)133-107-64-62-93(135-110-65-59-86(123(7,8)9)72-98(110)99-73-87(124(10,11)12)60-66-111(99)135)79-113(107)137(115-70-83(69-114(136)118(115)133)82-67-88(125(13,14)15)71-89(68-82)126(16,17)18)120-97(81-53-57-85(58-54-81)122(4,5)6)75-91(128(22,23)24)77-101(120)117-104(131(31,32)33)47-42-48-105(117)132(34,35)36/h37-79H,1-36H3/i37D,38D,39D,40D,41D,42D,43D,44D,45D,46D,47D,48D,49D,50D,51D,52D,53D,54D,55D,56D,57D,58D,74D,75D,76D,77D. The van der Waals surface area contributed by atoms with Crippen molar-refractivity contribution in [3.8, 4) is 67.0 Å². The first-order chi connectivity index (χ1) is 74.4. The number of fused-ring (bicyclic) bond motifs is 10. The lowest BCUT2D eigenvalue weighted by Gasteiger charge is -2.47. The molecule has 0 radical (unpaired) electrons. The predicted octanol–water partition coefficient (Wildman–Crippen LogP) is 35.9. The molecule has 4 nitrogen and oxygen atoms in total. The molecule has 2 aliphatic rings. The minimum Gasteiger partial charge on any atom is -0.310 e. The number of hydrogen-bond acceptors (Lipinski definition) is 2. The Morgan fingerprint density at radius 2 is 0.526 bits per heavy atom. The van der Waals surface area contributed by atoms with Crippen molar-refractivity contribution in [1.29, 1.82) is 0 Å². The molecule has 2 aliphatic heterocycles. The first-order valence-corrected chi connectivity index (χ1v) is 48.6. The summed E-state index contributed by atoms with van der Waals surface area (Å²) in [5.74, 6) is 0.